The van der Waals surface area contributed by atoms with Crippen molar-refractivity contribution in [3.63, 3.8) is 0 Å². The molecule has 6 heteroatoms. The number of hydrogen-bond acceptors (Lipinski definition) is 4. The first-order valence-electron chi connectivity index (χ1n) is 10.1. The Labute approximate surface area is 176 Å². The number of nitrogens with one attached hydrogen (secondary N) is 1. The highest BCUT2D eigenvalue weighted by molar-refractivity contribution is 7.09. The number of benzene rings is 2. The highest BCUT2D eigenvalue weighted by Crippen LogP contribution is 2.22. The third kappa shape index (κ3) is 5.43. The maximum atomic E-state index is 12.4. The molecule has 2 heterocycles. The minimum absolute atomic E-state index is 0.0428. The predicted molar refractivity (Wildman–Crippen MR) is 118 cm³/mol. The number of urea groups is 1. The number of amides is 2. The quantitative estimate of drug-likeness (QED) is 0.676. The minimum atomic E-state index is 0.0428. The van der Waals surface area contributed by atoms with Gasteiger partial charge in [-0.05, 0) is 12.0 Å². The monoisotopic (exact) mass is 406 g/mol. The summed E-state index contributed by atoms with van der Waals surface area (Å²) < 4.78 is 0. The summed E-state index contributed by atoms with van der Waals surface area (Å²) in [6, 6.07) is 20.6. The first kappa shape index (κ1) is 19.6. The Morgan fingerprint density at radius 3 is 2.38 bits per heavy atom. The number of rotatable bonds is 6. The molecular formula is C23H26N4OS. The van der Waals surface area contributed by atoms with Crippen molar-refractivity contribution in [3.8, 4) is 11.3 Å². The van der Waals surface area contributed by atoms with E-state index in [9.17, 15) is 4.79 Å². The van der Waals surface area contributed by atoms with Crippen molar-refractivity contribution < 1.29 is 4.79 Å². The maximum Gasteiger partial charge on any atom is 0.317 e. The lowest BCUT2D eigenvalue weighted by Gasteiger charge is -2.34. The molecule has 2 amide bonds. The van der Waals surface area contributed by atoms with E-state index < -0.39 is 0 Å². The van der Waals surface area contributed by atoms with Gasteiger partial charge in [-0.1, -0.05) is 60.7 Å². The molecule has 0 unspecified atom stereocenters. The molecule has 0 saturated carbocycles. The number of hydrogen-bond donors (Lipinski definition) is 1. The number of piperazine rings is 1. The van der Waals surface area contributed by atoms with E-state index in [1.165, 1.54) is 5.56 Å². The van der Waals surface area contributed by atoms with Crippen LogP contribution in [-0.2, 0) is 13.0 Å². The van der Waals surface area contributed by atoms with Crippen LogP contribution in [0.4, 0.5) is 4.79 Å². The van der Waals surface area contributed by atoms with Crippen LogP contribution in [0.3, 0.4) is 0 Å². The molecule has 1 aliphatic heterocycles. The first-order valence-corrected chi connectivity index (χ1v) is 10.9. The minimum Gasteiger partial charge on any atom is -0.338 e. The summed E-state index contributed by atoms with van der Waals surface area (Å²) in [5.41, 5.74) is 3.45. The Hall–Kier alpha value is -2.70. The van der Waals surface area contributed by atoms with Gasteiger partial charge in [0.1, 0.15) is 5.01 Å². The van der Waals surface area contributed by atoms with Crippen molar-refractivity contribution in [2.24, 2.45) is 0 Å². The van der Waals surface area contributed by atoms with Gasteiger partial charge in [-0.25, -0.2) is 9.78 Å². The number of carbonyl (C=O) groups excluding carboxylic acids is 1. The van der Waals surface area contributed by atoms with E-state index in [1.54, 1.807) is 11.3 Å². The predicted octanol–water partition coefficient (Wildman–Crippen LogP) is 3.88. The van der Waals surface area contributed by atoms with Crippen molar-refractivity contribution in [1.29, 1.82) is 0 Å². The Kier molecular flexibility index (Phi) is 6.54. The van der Waals surface area contributed by atoms with Crippen LogP contribution >= 0.6 is 11.3 Å². The van der Waals surface area contributed by atoms with Crippen molar-refractivity contribution in [1.82, 2.24) is 20.1 Å². The summed E-state index contributed by atoms with van der Waals surface area (Å²) in [6.45, 7) is 4.80. The topological polar surface area (TPSA) is 48.5 Å². The molecule has 1 N–H and O–H groups in total. The van der Waals surface area contributed by atoms with Crippen LogP contribution in [0, 0.1) is 0 Å². The van der Waals surface area contributed by atoms with Crippen LogP contribution in [0.2, 0.25) is 0 Å². The summed E-state index contributed by atoms with van der Waals surface area (Å²) in [5, 5.41) is 6.30. The van der Waals surface area contributed by atoms with Crippen molar-refractivity contribution in [3.05, 3.63) is 76.6 Å². The molecule has 1 saturated heterocycles. The number of carbonyl (C=O) groups is 1. The van der Waals surface area contributed by atoms with E-state index >= 15 is 0 Å². The first-order chi connectivity index (χ1) is 14.3. The van der Waals surface area contributed by atoms with Gasteiger partial charge in [-0.2, -0.15) is 0 Å². The molecule has 150 valence electrons. The highest BCUT2D eigenvalue weighted by Gasteiger charge is 2.21. The summed E-state index contributed by atoms with van der Waals surface area (Å²) in [6.07, 6.45) is 0.861. The fourth-order valence-electron chi connectivity index (χ4n) is 3.50. The Morgan fingerprint density at radius 2 is 1.66 bits per heavy atom. The molecule has 2 aromatic carbocycles. The molecule has 29 heavy (non-hydrogen) atoms. The molecule has 1 aliphatic rings. The summed E-state index contributed by atoms with van der Waals surface area (Å²) in [4.78, 5) is 21.5. The van der Waals surface area contributed by atoms with Gasteiger partial charge in [0, 0.05) is 43.7 Å². The zero-order valence-electron chi connectivity index (χ0n) is 16.5. The SMILES string of the molecule is O=C(NCCc1ccccc1)N1CCN(Cc2nc(-c3ccccc3)cs2)CC1. The molecular weight excluding hydrogens is 380 g/mol. The number of nitrogens with zero attached hydrogens (tertiary/aromatic N) is 3. The average Bonchev–Trinajstić information content (AvgIpc) is 3.24. The fraction of sp³-hybridized carbons (Fsp3) is 0.304. The largest absolute Gasteiger partial charge is 0.338 e. The zero-order chi connectivity index (χ0) is 19.9. The molecule has 3 aromatic rings. The van der Waals surface area contributed by atoms with Gasteiger partial charge in [0.15, 0.2) is 0 Å². The smallest absolute Gasteiger partial charge is 0.317 e. The van der Waals surface area contributed by atoms with Crippen LogP contribution in [0.25, 0.3) is 11.3 Å². The van der Waals surface area contributed by atoms with Gasteiger partial charge in [0.25, 0.3) is 0 Å². The van der Waals surface area contributed by atoms with Gasteiger partial charge in [0.05, 0.1) is 12.2 Å². The average molecular weight is 407 g/mol. The standard InChI is InChI=1S/C23H26N4OS/c28-23(24-12-11-19-7-3-1-4-8-19)27-15-13-26(14-16-27)17-22-25-21(18-29-22)20-9-5-2-6-10-20/h1-10,18H,11-17H2,(H,24,28). The second-order valence-electron chi connectivity index (χ2n) is 7.22. The Bertz CT molecular complexity index is 905. The second-order valence-corrected chi connectivity index (χ2v) is 8.17. The van der Waals surface area contributed by atoms with Crippen molar-refractivity contribution in [2.45, 2.75) is 13.0 Å². The maximum absolute atomic E-state index is 12.4. The number of aromatic nitrogens is 1. The van der Waals surface area contributed by atoms with Crippen LogP contribution in [-0.4, -0.2) is 53.5 Å². The third-order valence-corrected chi connectivity index (χ3v) is 6.01. The summed E-state index contributed by atoms with van der Waals surface area (Å²) in [5.74, 6) is 0. The fourth-order valence-corrected chi connectivity index (χ4v) is 4.34. The normalized spacial score (nSPS) is 14.7. The van der Waals surface area contributed by atoms with Crippen molar-refractivity contribution >= 4 is 17.4 Å². The molecule has 0 radical (unpaired) electrons. The van der Waals surface area contributed by atoms with Crippen LogP contribution in [0.1, 0.15) is 10.6 Å². The molecule has 1 fully saturated rings. The summed E-state index contributed by atoms with van der Waals surface area (Å²) >= 11 is 1.71. The molecule has 4 rings (SSSR count). The second kappa shape index (κ2) is 9.67. The number of thiazole rings is 1. The van der Waals surface area contributed by atoms with Gasteiger partial charge < -0.3 is 10.2 Å². The van der Waals surface area contributed by atoms with Gasteiger partial charge in [-0.3, -0.25) is 4.90 Å². The molecule has 0 spiro atoms. The van der Waals surface area contributed by atoms with E-state index in [0.29, 0.717) is 6.54 Å². The van der Waals surface area contributed by atoms with Crippen LogP contribution in [0.15, 0.2) is 66.0 Å². The van der Waals surface area contributed by atoms with Gasteiger partial charge in [0.2, 0.25) is 0 Å². The molecule has 1 aromatic heterocycles. The lowest BCUT2D eigenvalue weighted by Crippen LogP contribution is -2.51. The lowest BCUT2D eigenvalue weighted by molar-refractivity contribution is 0.135. The van der Waals surface area contributed by atoms with Gasteiger partial charge in [-0.15, -0.1) is 11.3 Å². The lowest BCUT2D eigenvalue weighted by atomic mass is 10.1. The van der Waals surface area contributed by atoms with Crippen LogP contribution in [0.5, 0.6) is 0 Å². The van der Waals surface area contributed by atoms with Crippen LogP contribution < -0.4 is 5.32 Å². The van der Waals surface area contributed by atoms with Gasteiger partial charge >= 0.3 is 6.03 Å². The third-order valence-electron chi connectivity index (χ3n) is 5.17. The van der Waals surface area contributed by atoms with E-state index in [1.807, 2.05) is 41.3 Å². The van der Waals surface area contributed by atoms with E-state index in [2.05, 4.69) is 39.9 Å². The van der Waals surface area contributed by atoms with E-state index in [0.717, 1.165) is 55.4 Å². The van der Waals surface area contributed by atoms with E-state index in [4.69, 9.17) is 4.98 Å². The molecule has 0 aliphatic carbocycles. The Balaban J connectivity index is 1.20. The Morgan fingerprint density at radius 1 is 0.966 bits per heavy atom. The molecule has 5 nitrogen and oxygen atoms in total. The highest BCUT2D eigenvalue weighted by atomic mass is 32.1. The van der Waals surface area contributed by atoms with E-state index in [-0.39, 0.29) is 6.03 Å². The zero-order valence-corrected chi connectivity index (χ0v) is 17.3. The molecule has 0 bridgehead atoms. The summed E-state index contributed by atoms with van der Waals surface area (Å²) in [7, 11) is 0. The molecule has 0 atom stereocenters. The van der Waals surface area contributed by atoms with Crippen molar-refractivity contribution in [2.75, 3.05) is 32.7 Å².